The van der Waals surface area contributed by atoms with Gasteiger partial charge in [0.15, 0.2) is 0 Å². The van der Waals surface area contributed by atoms with Crippen molar-refractivity contribution in [1.29, 1.82) is 0 Å². The fourth-order valence-electron chi connectivity index (χ4n) is 2.72. The van der Waals surface area contributed by atoms with Gasteiger partial charge in [-0.2, -0.15) is 0 Å². The van der Waals surface area contributed by atoms with Gasteiger partial charge < -0.3 is 4.74 Å². The summed E-state index contributed by atoms with van der Waals surface area (Å²) in [5.74, 6) is 0.891. The van der Waals surface area contributed by atoms with Crippen molar-refractivity contribution in [3.63, 3.8) is 0 Å². The zero-order valence-electron chi connectivity index (χ0n) is 11.0. The molecule has 1 aliphatic carbocycles. The second-order valence-electron chi connectivity index (χ2n) is 4.95. The molecule has 1 nitrogen and oxygen atoms in total. The fourth-order valence-corrected chi connectivity index (χ4v) is 3.98. The molecule has 1 heterocycles. The largest absolute Gasteiger partial charge is 0.496 e. The maximum Gasteiger partial charge on any atom is 0.134 e. The maximum atomic E-state index is 6.63. The first kappa shape index (κ1) is 13.0. The zero-order chi connectivity index (χ0) is 13.2. The molecule has 0 bridgehead atoms. The monoisotopic (exact) mass is 292 g/mol. The minimum atomic E-state index is -0.109. The van der Waals surface area contributed by atoms with E-state index in [1.807, 2.05) is 11.4 Å². The van der Waals surface area contributed by atoms with Crippen LogP contribution >= 0.6 is 22.9 Å². The Balaban J connectivity index is 1.93. The number of hydrogen-bond acceptors (Lipinski definition) is 2. The molecule has 1 unspecified atom stereocenters. The highest BCUT2D eigenvalue weighted by molar-refractivity contribution is 7.10. The van der Waals surface area contributed by atoms with E-state index in [-0.39, 0.29) is 5.38 Å². The van der Waals surface area contributed by atoms with Gasteiger partial charge in [0.2, 0.25) is 0 Å². The molecule has 19 heavy (non-hydrogen) atoms. The molecule has 0 fully saturated rings. The van der Waals surface area contributed by atoms with Crippen LogP contribution in [0.25, 0.3) is 0 Å². The van der Waals surface area contributed by atoms with Crippen LogP contribution in [0, 0.1) is 0 Å². The van der Waals surface area contributed by atoms with Gasteiger partial charge in [-0.05, 0) is 53.8 Å². The molecule has 0 N–H and O–H groups in total. The van der Waals surface area contributed by atoms with Crippen molar-refractivity contribution >= 4 is 22.9 Å². The van der Waals surface area contributed by atoms with Gasteiger partial charge in [-0.1, -0.05) is 18.2 Å². The van der Waals surface area contributed by atoms with Crippen LogP contribution < -0.4 is 4.74 Å². The van der Waals surface area contributed by atoms with E-state index in [4.69, 9.17) is 16.3 Å². The van der Waals surface area contributed by atoms with E-state index in [1.54, 1.807) is 18.4 Å². The first-order valence-electron chi connectivity index (χ1n) is 6.66. The summed E-state index contributed by atoms with van der Waals surface area (Å²) in [6.07, 6.45) is 5.01. The lowest BCUT2D eigenvalue weighted by molar-refractivity contribution is 0.413. The molecule has 100 valence electrons. The number of ether oxygens (including phenoxy) is 1. The van der Waals surface area contributed by atoms with Crippen LogP contribution in [-0.4, -0.2) is 7.11 Å². The summed E-state index contributed by atoms with van der Waals surface area (Å²) in [6, 6.07) is 8.68. The van der Waals surface area contributed by atoms with E-state index in [0.29, 0.717) is 0 Å². The highest BCUT2D eigenvalue weighted by Gasteiger charge is 2.19. The van der Waals surface area contributed by atoms with Crippen LogP contribution in [0.5, 0.6) is 5.75 Å². The highest BCUT2D eigenvalue weighted by Crippen LogP contribution is 2.39. The second-order valence-corrected chi connectivity index (χ2v) is 6.34. The van der Waals surface area contributed by atoms with Gasteiger partial charge in [0.25, 0.3) is 0 Å². The smallest absolute Gasteiger partial charge is 0.134 e. The van der Waals surface area contributed by atoms with E-state index in [2.05, 4.69) is 18.2 Å². The molecule has 0 saturated carbocycles. The molecular weight excluding hydrogens is 276 g/mol. The van der Waals surface area contributed by atoms with Crippen LogP contribution in [0.15, 0.2) is 29.6 Å². The average Bonchev–Trinajstić information content (AvgIpc) is 2.94. The van der Waals surface area contributed by atoms with E-state index in [0.717, 1.165) is 10.6 Å². The molecular formula is C16H17ClOS. The molecule has 0 aliphatic heterocycles. The summed E-state index contributed by atoms with van der Waals surface area (Å²) in [7, 11) is 1.70. The Hall–Kier alpha value is -0.990. The molecule has 0 saturated heterocycles. The van der Waals surface area contributed by atoms with E-state index < -0.39 is 0 Å². The number of methoxy groups -OCH3 is 1. The van der Waals surface area contributed by atoms with Crippen LogP contribution in [0.4, 0.5) is 0 Å². The minimum absolute atomic E-state index is 0.109. The molecule has 2 aromatic rings. The standard InChI is InChI=1S/C16H17ClOS/c1-18-14-8-9-19-16(14)15(17)13-7-6-11-4-2-3-5-12(11)10-13/h6-10,15H,2-5H2,1H3. The zero-order valence-corrected chi connectivity index (χ0v) is 12.6. The van der Waals surface area contributed by atoms with Gasteiger partial charge in [-0.25, -0.2) is 0 Å². The lowest BCUT2D eigenvalue weighted by Gasteiger charge is -2.18. The van der Waals surface area contributed by atoms with Crippen LogP contribution in [-0.2, 0) is 12.8 Å². The third kappa shape index (κ3) is 2.52. The SMILES string of the molecule is COc1ccsc1C(Cl)c1ccc2c(c1)CCCC2. The Labute approximate surface area is 123 Å². The second kappa shape index (κ2) is 5.56. The fraction of sp³-hybridized carbons (Fsp3) is 0.375. The lowest BCUT2D eigenvalue weighted by atomic mass is 9.90. The predicted octanol–water partition coefficient (Wildman–Crippen LogP) is 4.96. The molecule has 1 atom stereocenters. The van der Waals surface area contributed by atoms with Gasteiger partial charge in [0.05, 0.1) is 17.4 Å². The van der Waals surface area contributed by atoms with Crippen molar-refractivity contribution < 1.29 is 4.74 Å². The van der Waals surface area contributed by atoms with Gasteiger partial charge in [-0.15, -0.1) is 22.9 Å². The third-order valence-corrected chi connectivity index (χ3v) is 5.34. The summed E-state index contributed by atoms with van der Waals surface area (Å²) in [5, 5.41) is 1.92. The maximum absolute atomic E-state index is 6.63. The minimum Gasteiger partial charge on any atom is -0.496 e. The van der Waals surface area contributed by atoms with Gasteiger partial charge >= 0.3 is 0 Å². The topological polar surface area (TPSA) is 9.23 Å². The number of thiophene rings is 1. The Morgan fingerprint density at radius 3 is 2.74 bits per heavy atom. The van der Waals surface area contributed by atoms with Crippen LogP contribution in [0.2, 0.25) is 0 Å². The number of benzene rings is 1. The van der Waals surface area contributed by atoms with Gasteiger partial charge in [0, 0.05) is 0 Å². The molecule has 3 heteroatoms. The number of fused-ring (bicyclic) bond motifs is 1. The quantitative estimate of drug-likeness (QED) is 0.726. The highest BCUT2D eigenvalue weighted by atomic mass is 35.5. The Morgan fingerprint density at radius 2 is 1.95 bits per heavy atom. The molecule has 0 amide bonds. The molecule has 0 spiro atoms. The lowest BCUT2D eigenvalue weighted by Crippen LogP contribution is -2.04. The average molecular weight is 293 g/mol. The van der Waals surface area contributed by atoms with Crippen molar-refractivity contribution in [2.75, 3.05) is 7.11 Å². The van der Waals surface area contributed by atoms with Gasteiger partial charge in [0.1, 0.15) is 5.75 Å². The van der Waals surface area contributed by atoms with Crippen LogP contribution in [0.3, 0.4) is 0 Å². The first-order valence-corrected chi connectivity index (χ1v) is 7.98. The van der Waals surface area contributed by atoms with Crippen molar-refractivity contribution in [3.05, 3.63) is 51.2 Å². The third-order valence-electron chi connectivity index (χ3n) is 3.77. The number of alkyl halides is 1. The summed E-state index contributed by atoms with van der Waals surface area (Å²) < 4.78 is 5.37. The Bertz CT molecular complexity index is 576. The van der Waals surface area contributed by atoms with E-state index in [9.17, 15) is 0 Å². The number of halogens is 1. The van der Waals surface area contributed by atoms with Crippen molar-refractivity contribution in [1.82, 2.24) is 0 Å². The summed E-state index contributed by atoms with van der Waals surface area (Å²) in [6.45, 7) is 0. The number of aryl methyl sites for hydroxylation is 2. The normalized spacial score (nSPS) is 15.9. The number of rotatable bonds is 3. The Morgan fingerprint density at radius 1 is 1.16 bits per heavy atom. The summed E-state index contributed by atoms with van der Waals surface area (Å²) >= 11 is 8.29. The molecule has 1 aromatic carbocycles. The van der Waals surface area contributed by atoms with Crippen LogP contribution in [0.1, 0.15) is 39.8 Å². The molecule has 3 rings (SSSR count). The Kier molecular flexibility index (Phi) is 3.81. The van der Waals surface area contributed by atoms with Crippen molar-refractivity contribution in [3.8, 4) is 5.75 Å². The van der Waals surface area contributed by atoms with E-state index >= 15 is 0 Å². The molecule has 0 radical (unpaired) electrons. The van der Waals surface area contributed by atoms with E-state index in [1.165, 1.54) is 42.4 Å². The van der Waals surface area contributed by atoms with Crippen molar-refractivity contribution in [2.45, 2.75) is 31.1 Å². The predicted molar refractivity (Wildman–Crippen MR) is 81.7 cm³/mol. The summed E-state index contributed by atoms with van der Waals surface area (Å²) in [4.78, 5) is 1.10. The first-order chi connectivity index (χ1) is 9.29. The number of hydrogen-bond donors (Lipinski definition) is 0. The summed E-state index contributed by atoms with van der Waals surface area (Å²) in [5.41, 5.74) is 4.16. The van der Waals surface area contributed by atoms with Crippen molar-refractivity contribution in [2.24, 2.45) is 0 Å². The molecule has 1 aromatic heterocycles. The van der Waals surface area contributed by atoms with Gasteiger partial charge in [-0.3, -0.25) is 0 Å². The molecule has 1 aliphatic rings.